The number of halogens is 2. The first-order chi connectivity index (χ1) is 9.99. The average molecular weight is 376 g/mol. The highest BCUT2D eigenvalue weighted by atomic mass is 79.9. The molecule has 0 saturated carbocycles. The Kier molecular flexibility index (Phi) is 5.52. The van der Waals surface area contributed by atoms with Crippen molar-refractivity contribution in [2.45, 2.75) is 25.8 Å². The fourth-order valence-corrected chi connectivity index (χ4v) is 3.15. The summed E-state index contributed by atoms with van der Waals surface area (Å²) in [5, 5.41) is 7.35. The van der Waals surface area contributed by atoms with Crippen LogP contribution in [-0.4, -0.2) is 31.2 Å². The molecule has 2 rings (SSSR count). The highest BCUT2D eigenvalue weighted by Gasteiger charge is 2.46. The van der Waals surface area contributed by atoms with E-state index in [-0.39, 0.29) is 11.9 Å². The molecular formula is C15H20BrClN2O2. The van der Waals surface area contributed by atoms with E-state index in [0.29, 0.717) is 18.1 Å². The second-order valence-electron chi connectivity index (χ2n) is 5.30. The second kappa shape index (κ2) is 6.99. The molecule has 0 spiro atoms. The lowest BCUT2D eigenvalue weighted by atomic mass is 9.79. The molecule has 21 heavy (non-hydrogen) atoms. The molecule has 1 aliphatic heterocycles. The smallest absolute Gasteiger partial charge is 0.332 e. The van der Waals surface area contributed by atoms with Crippen LogP contribution in [0.5, 0.6) is 0 Å². The molecule has 2 atom stereocenters. The van der Waals surface area contributed by atoms with Gasteiger partial charge in [-0.15, -0.1) is 0 Å². The molecule has 6 heteroatoms. The predicted molar refractivity (Wildman–Crippen MR) is 88.8 cm³/mol. The van der Waals surface area contributed by atoms with Crippen molar-refractivity contribution in [3.8, 4) is 0 Å². The van der Waals surface area contributed by atoms with Gasteiger partial charge in [0.1, 0.15) is 5.54 Å². The molecule has 0 bridgehead atoms. The van der Waals surface area contributed by atoms with E-state index in [9.17, 15) is 4.79 Å². The Hall–Kier alpha value is -0.780. The molecule has 1 aromatic rings. The fraction of sp³-hybridized carbons (Fsp3) is 0.533. The van der Waals surface area contributed by atoms with Crippen LogP contribution in [0, 0.1) is 5.92 Å². The van der Waals surface area contributed by atoms with Crippen LogP contribution >= 0.6 is 27.5 Å². The van der Waals surface area contributed by atoms with Gasteiger partial charge in [-0.3, -0.25) is 0 Å². The van der Waals surface area contributed by atoms with E-state index < -0.39 is 5.54 Å². The van der Waals surface area contributed by atoms with Crippen LogP contribution in [0.25, 0.3) is 0 Å². The molecule has 0 aliphatic carbocycles. The minimum atomic E-state index is -0.700. The minimum absolute atomic E-state index is 0.125. The van der Waals surface area contributed by atoms with Gasteiger partial charge < -0.3 is 15.4 Å². The quantitative estimate of drug-likeness (QED) is 0.792. The zero-order chi connectivity index (χ0) is 15.5. The highest BCUT2D eigenvalue weighted by Crippen LogP contribution is 2.33. The second-order valence-corrected chi connectivity index (χ2v) is 6.56. The normalized spacial score (nSPS) is 25.4. The Labute approximate surface area is 138 Å². The van der Waals surface area contributed by atoms with Crippen LogP contribution in [-0.2, 0) is 9.53 Å². The molecule has 1 aromatic carbocycles. The fourth-order valence-electron chi connectivity index (χ4n) is 2.66. The molecule has 0 amide bonds. The summed E-state index contributed by atoms with van der Waals surface area (Å²) in [5.41, 5.74) is 0.155. The van der Waals surface area contributed by atoms with Crippen LogP contribution in [0.15, 0.2) is 22.7 Å². The van der Waals surface area contributed by atoms with Crippen molar-refractivity contribution < 1.29 is 9.53 Å². The van der Waals surface area contributed by atoms with Crippen molar-refractivity contribution >= 4 is 39.2 Å². The summed E-state index contributed by atoms with van der Waals surface area (Å²) in [6.45, 7) is 5.83. The van der Waals surface area contributed by atoms with E-state index in [0.717, 1.165) is 23.2 Å². The van der Waals surface area contributed by atoms with E-state index in [1.54, 1.807) is 6.07 Å². The topological polar surface area (TPSA) is 50.4 Å². The van der Waals surface area contributed by atoms with Gasteiger partial charge in [-0.25, -0.2) is 4.79 Å². The number of nitrogens with one attached hydrogen (secondary N) is 2. The third-order valence-corrected chi connectivity index (χ3v) is 5.13. The number of piperidine rings is 1. The van der Waals surface area contributed by atoms with Gasteiger partial charge in [-0.2, -0.15) is 0 Å². The highest BCUT2D eigenvalue weighted by molar-refractivity contribution is 9.10. The number of carbonyl (C=O) groups excluding carboxylic acids is 1. The molecule has 116 valence electrons. The van der Waals surface area contributed by atoms with Crippen molar-refractivity contribution in [1.82, 2.24) is 5.32 Å². The molecule has 0 radical (unpaired) electrons. The summed E-state index contributed by atoms with van der Waals surface area (Å²) in [7, 11) is 0. The molecule has 4 nitrogen and oxygen atoms in total. The molecule has 0 aromatic heterocycles. The van der Waals surface area contributed by atoms with E-state index >= 15 is 0 Å². The predicted octanol–water partition coefficient (Wildman–Crippen LogP) is 3.45. The number of anilines is 1. The maximum atomic E-state index is 12.5. The maximum Gasteiger partial charge on any atom is 0.332 e. The van der Waals surface area contributed by atoms with Gasteiger partial charge >= 0.3 is 5.97 Å². The number of rotatable bonds is 4. The zero-order valence-electron chi connectivity index (χ0n) is 12.2. The number of ether oxygens (including phenoxy) is 1. The summed E-state index contributed by atoms with van der Waals surface area (Å²) >= 11 is 9.43. The average Bonchev–Trinajstić information content (AvgIpc) is 2.45. The summed E-state index contributed by atoms with van der Waals surface area (Å²) in [5.74, 6) is -0.0650. The van der Waals surface area contributed by atoms with Crippen molar-refractivity contribution in [3.05, 3.63) is 27.7 Å². The molecular weight excluding hydrogens is 356 g/mol. The van der Waals surface area contributed by atoms with Crippen LogP contribution in [0.3, 0.4) is 0 Å². The Morgan fingerprint density at radius 3 is 3.00 bits per heavy atom. The Morgan fingerprint density at radius 2 is 2.38 bits per heavy atom. The number of benzene rings is 1. The van der Waals surface area contributed by atoms with Gasteiger partial charge in [-0.1, -0.05) is 18.5 Å². The third-order valence-electron chi connectivity index (χ3n) is 3.91. The summed E-state index contributed by atoms with van der Waals surface area (Å²) in [4.78, 5) is 12.5. The number of hydrogen-bond acceptors (Lipinski definition) is 4. The number of esters is 1. The summed E-state index contributed by atoms with van der Waals surface area (Å²) in [6.07, 6.45) is 0.688. The molecule has 2 unspecified atom stereocenters. The number of hydrogen-bond donors (Lipinski definition) is 2. The third kappa shape index (κ3) is 3.52. The number of carbonyl (C=O) groups is 1. The van der Waals surface area contributed by atoms with Crippen molar-refractivity contribution in [3.63, 3.8) is 0 Å². The van der Waals surface area contributed by atoms with Gasteiger partial charge in [0.05, 0.1) is 11.6 Å². The van der Waals surface area contributed by atoms with E-state index in [2.05, 4.69) is 33.5 Å². The lowest BCUT2D eigenvalue weighted by Crippen LogP contribution is -2.59. The van der Waals surface area contributed by atoms with Gasteiger partial charge in [0.15, 0.2) is 0 Å². The zero-order valence-corrected chi connectivity index (χ0v) is 14.6. The largest absolute Gasteiger partial charge is 0.464 e. The lowest BCUT2D eigenvalue weighted by Gasteiger charge is -2.41. The molecule has 1 heterocycles. The molecule has 2 N–H and O–H groups in total. The van der Waals surface area contributed by atoms with Crippen molar-refractivity contribution in [2.24, 2.45) is 5.92 Å². The van der Waals surface area contributed by atoms with Crippen molar-refractivity contribution in [2.75, 3.05) is 25.0 Å². The Balaban J connectivity index is 2.30. The SMILES string of the molecule is CCOC(=O)C1(Nc2ccc(Cl)c(Br)c2)CCNCC1C. The van der Waals surface area contributed by atoms with Crippen LogP contribution in [0.4, 0.5) is 5.69 Å². The monoisotopic (exact) mass is 374 g/mol. The standard InChI is InChI=1S/C15H20BrClN2O2/c1-3-21-14(20)15(6-7-18-9-10(15)2)19-11-4-5-13(17)12(16)8-11/h4-5,8,10,18-19H,3,6-7,9H2,1-2H3. The van der Waals surface area contributed by atoms with E-state index in [1.165, 1.54) is 0 Å². The Bertz CT molecular complexity index is 526. The van der Waals surface area contributed by atoms with Gasteiger partial charge in [0.25, 0.3) is 0 Å². The van der Waals surface area contributed by atoms with Crippen LogP contribution in [0.2, 0.25) is 5.02 Å². The lowest BCUT2D eigenvalue weighted by molar-refractivity contribution is -0.151. The van der Waals surface area contributed by atoms with Crippen LogP contribution in [0.1, 0.15) is 20.3 Å². The molecule has 1 saturated heterocycles. The maximum absolute atomic E-state index is 12.5. The van der Waals surface area contributed by atoms with Crippen molar-refractivity contribution in [1.29, 1.82) is 0 Å². The molecule has 1 aliphatic rings. The van der Waals surface area contributed by atoms with E-state index in [4.69, 9.17) is 16.3 Å². The van der Waals surface area contributed by atoms with E-state index in [1.807, 2.05) is 19.1 Å². The van der Waals surface area contributed by atoms with Crippen LogP contribution < -0.4 is 10.6 Å². The Morgan fingerprint density at radius 1 is 1.62 bits per heavy atom. The van der Waals surface area contributed by atoms with Gasteiger partial charge in [-0.05, 0) is 54.0 Å². The first-order valence-electron chi connectivity index (χ1n) is 7.10. The summed E-state index contributed by atoms with van der Waals surface area (Å²) < 4.78 is 6.12. The molecule has 1 fully saturated rings. The first-order valence-corrected chi connectivity index (χ1v) is 8.28. The minimum Gasteiger partial charge on any atom is -0.464 e. The first kappa shape index (κ1) is 16.6. The van der Waals surface area contributed by atoms with Gasteiger partial charge in [0.2, 0.25) is 0 Å². The van der Waals surface area contributed by atoms with Gasteiger partial charge in [0, 0.05) is 22.6 Å². The summed E-state index contributed by atoms with van der Waals surface area (Å²) in [6, 6.07) is 5.57.